The molecule has 0 spiro atoms. The van der Waals surface area contributed by atoms with E-state index in [9.17, 15) is 0 Å². The quantitative estimate of drug-likeness (QED) is 0.201. The van der Waals surface area contributed by atoms with Gasteiger partial charge in [0.2, 0.25) is 0 Å². The standard InChI is InChI=1S/C32H36N4.C2H7N.C2H6.C2H4/c1-4-25-7-9-27(10-8-25)24-36-20-17-29-21-30(22-33-32(29)36)28-15-18-34(19-16-28)23-26-11-13-31(14-12-26)35(5-2)6-3;1-3-2;2*1-2/h4-5,7-14,17,20-22,28H,1-2,6,15-16,18-19,23-24H2,3H3;3H,1-2H3;1-2H3;1-2H2. The molecule has 1 fully saturated rings. The molecule has 5 nitrogen and oxygen atoms in total. The zero-order valence-electron chi connectivity index (χ0n) is 27.2. The first-order valence-electron chi connectivity index (χ1n) is 15.5. The van der Waals surface area contributed by atoms with Crippen molar-refractivity contribution in [3.63, 3.8) is 0 Å². The maximum atomic E-state index is 4.89. The minimum atomic E-state index is 0.584. The molecular weight excluding hydrogens is 526 g/mol. The van der Waals surface area contributed by atoms with Crippen LogP contribution in [0.3, 0.4) is 0 Å². The fraction of sp³-hybridized carbons (Fsp3) is 0.342. The van der Waals surface area contributed by atoms with E-state index >= 15 is 0 Å². The van der Waals surface area contributed by atoms with Crippen LogP contribution in [0.2, 0.25) is 0 Å². The molecule has 4 aromatic rings. The number of fused-ring (bicyclic) bond motifs is 1. The second kappa shape index (κ2) is 19.3. The average molecular weight is 580 g/mol. The van der Waals surface area contributed by atoms with Crippen molar-refractivity contribution in [1.29, 1.82) is 0 Å². The van der Waals surface area contributed by atoms with Crippen LogP contribution in [0, 0.1) is 0 Å². The molecule has 2 aromatic heterocycles. The average Bonchev–Trinajstić information content (AvgIpc) is 3.47. The Hall–Kier alpha value is -3.93. The van der Waals surface area contributed by atoms with E-state index in [1.54, 1.807) is 0 Å². The van der Waals surface area contributed by atoms with Gasteiger partial charge in [0.1, 0.15) is 5.65 Å². The summed E-state index contributed by atoms with van der Waals surface area (Å²) in [5.41, 5.74) is 7.44. The minimum absolute atomic E-state index is 0.584. The van der Waals surface area contributed by atoms with Crippen LogP contribution in [-0.2, 0) is 13.1 Å². The van der Waals surface area contributed by atoms with Gasteiger partial charge in [0.05, 0.1) is 0 Å². The third-order valence-electron chi connectivity index (χ3n) is 7.48. The van der Waals surface area contributed by atoms with Crippen LogP contribution in [0.1, 0.15) is 61.8 Å². The maximum Gasteiger partial charge on any atom is 0.140 e. The van der Waals surface area contributed by atoms with Crippen molar-refractivity contribution in [2.24, 2.45) is 0 Å². The number of aromatic nitrogens is 2. The van der Waals surface area contributed by atoms with Crippen LogP contribution in [-0.4, -0.2) is 48.2 Å². The van der Waals surface area contributed by atoms with Crippen molar-refractivity contribution in [2.45, 2.75) is 52.6 Å². The van der Waals surface area contributed by atoms with E-state index in [1.807, 2.05) is 40.2 Å². The molecule has 0 unspecified atom stereocenters. The normalized spacial score (nSPS) is 13.0. The highest BCUT2D eigenvalue weighted by atomic mass is 15.1. The summed E-state index contributed by atoms with van der Waals surface area (Å²) in [7, 11) is 3.75. The van der Waals surface area contributed by atoms with E-state index in [2.05, 4.69) is 126 Å². The van der Waals surface area contributed by atoms with E-state index in [0.717, 1.165) is 43.9 Å². The van der Waals surface area contributed by atoms with Crippen molar-refractivity contribution < 1.29 is 0 Å². The Morgan fingerprint density at radius 2 is 1.49 bits per heavy atom. The first kappa shape index (κ1) is 35.3. The number of likely N-dealkylation sites (tertiary alicyclic amines) is 1. The summed E-state index contributed by atoms with van der Waals surface area (Å²) in [6, 6.07) is 22.0. The first-order chi connectivity index (χ1) is 21.1. The van der Waals surface area contributed by atoms with Gasteiger partial charge < -0.3 is 14.8 Å². The predicted molar refractivity (Wildman–Crippen MR) is 190 cm³/mol. The number of hydrogen-bond donors (Lipinski definition) is 1. The molecule has 1 N–H and O–H groups in total. The summed E-state index contributed by atoms with van der Waals surface area (Å²) < 4.78 is 2.24. The summed E-state index contributed by atoms with van der Waals surface area (Å²) in [6.07, 6.45) is 10.4. The summed E-state index contributed by atoms with van der Waals surface area (Å²) >= 11 is 0. The Bertz CT molecular complexity index is 1350. The van der Waals surface area contributed by atoms with E-state index in [0.29, 0.717) is 5.92 Å². The monoisotopic (exact) mass is 579 g/mol. The molecule has 1 aliphatic heterocycles. The maximum absolute atomic E-state index is 4.89. The molecule has 0 atom stereocenters. The molecule has 2 aromatic carbocycles. The Balaban J connectivity index is 0.000000853. The highest BCUT2D eigenvalue weighted by molar-refractivity contribution is 5.77. The molecule has 1 aliphatic rings. The van der Waals surface area contributed by atoms with Gasteiger partial charge in [-0.3, -0.25) is 4.90 Å². The van der Waals surface area contributed by atoms with Crippen molar-refractivity contribution >= 4 is 22.8 Å². The molecule has 0 amide bonds. The zero-order chi connectivity index (χ0) is 31.6. The Kier molecular flexibility index (Phi) is 15.8. The van der Waals surface area contributed by atoms with Gasteiger partial charge in [0, 0.05) is 43.1 Å². The van der Waals surface area contributed by atoms with Gasteiger partial charge in [0.15, 0.2) is 0 Å². The number of piperidine rings is 1. The van der Waals surface area contributed by atoms with Gasteiger partial charge in [-0.15, -0.1) is 13.2 Å². The summed E-state index contributed by atoms with van der Waals surface area (Å²) in [5.74, 6) is 0.584. The van der Waals surface area contributed by atoms with Gasteiger partial charge >= 0.3 is 0 Å². The van der Waals surface area contributed by atoms with Crippen LogP contribution in [0.5, 0.6) is 0 Å². The number of pyridine rings is 1. The first-order valence-corrected chi connectivity index (χ1v) is 15.5. The van der Waals surface area contributed by atoms with Crippen LogP contribution >= 0.6 is 0 Å². The number of nitrogens with one attached hydrogen (secondary N) is 1. The lowest BCUT2D eigenvalue weighted by atomic mass is 9.90. The van der Waals surface area contributed by atoms with Crippen LogP contribution in [0.15, 0.2) is 106 Å². The molecule has 3 heterocycles. The SMILES string of the molecule is C=C.C=Cc1ccc(Cn2ccc3cc(C4CCN(Cc5ccc(N(C=C)CC)cc5)CC4)cnc32)cc1.CC.CNC. The minimum Gasteiger partial charge on any atom is -0.349 e. The second-order valence-electron chi connectivity index (χ2n) is 10.3. The van der Waals surface area contributed by atoms with Crippen LogP contribution in [0.25, 0.3) is 17.1 Å². The van der Waals surface area contributed by atoms with E-state index in [1.165, 1.54) is 40.6 Å². The molecule has 0 aliphatic carbocycles. The molecule has 1 saturated heterocycles. The summed E-state index contributed by atoms with van der Waals surface area (Å²) in [6.45, 7) is 24.9. The number of rotatable bonds is 9. The Labute approximate surface area is 261 Å². The lowest BCUT2D eigenvalue weighted by molar-refractivity contribution is 0.204. The van der Waals surface area contributed by atoms with Gasteiger partial charge in [-0.1, -0.05) is 69.5 Å². The number of anilines is 1. The lowest BCUT2D eigenvalue weighted by Gasteiger charge is -2.32. The van der Waals surface area contributed by atoms with Crippen molar-refractivity contribution in [2.75, 3.05) is 38.6 Å². The number of benzene rings is 2. The van der Waals surface area contributed by atoms with Crippen molar-refractivity contribution in [3.05, 3.63) is 128 Å². The Morgan fingerprint density at radius 1 is 0.907 bits per heavy atom. The Morgan fingerprint density at radius 3 is 2.05 bits per heavy atom. The van der Waals surface area contributed by atoms with Crippen LogP contribution < -0.4 is 10.2 Å². The van der Waals surface area contributed by atoms with Crippen LogP contribution in [0.4, 0.5) is 5.69 Å². The van der Waals surface area contributed by atoms with E-state index in [-0.39, 0.29) is 0 Å². The topological polar surface area (TPSA) is 36.3 Å². The molecule has 230 valence electrons. The summed E-state index contributed by atoms with van der Waals surface area (Å²) in [5, 5.41) is 3.98. The number of hydrogen-bond acceptors (Lipinski definition) is 4. The predicted octanol–water partition coefficient (Wildman–Crippen LogP) is 8.74. The fourth-order valence-corrected chi connectivity index (χ4v) is 5.29. The number of nitrogens with zero attached hydrogens (tertiary/aromatic N) is 4. The van der Waals surface area contributed by atoms with Gasteiger partial charge in [-0.25, -0.2) is 4.98 Å². The van der Waals surface area contributed by atoms with E-state index in [4.69, 9.17) is 4.98 Å². The molecule has 0 saturated carbocycles. The third-order valence-corrected chi connectivity index (χ3v) is 7.48. The fourth-order valence-electron chi connectivity index (χ4n) is 5.29. The van der Waals surface area contributed by atoms with Gasteiger partial charge in [-0.2, -0.15) is 0 Å². The van der Waals surface area contributed by atoms with Gasteiger partial charge in [-0.05, 0) is 106 Å². The molecule has 0 radical (unpaired) electrons. The van der Waals surface area contributed by atoms with Crippen molar-refractivity contribution in [1.82, 2.24) is 19.8 Å². The highest BCUT2D eigenvalue weighted by Gasteiger charge is 2.21. The highest BCUT2D eigenvalue weighted by Crippen LogP contribution is 2.30. The molecule has 5 rings (SSSR count). The largest absolute Gasteiger partial charge is 0.349 e. The van der Waals surface area contributed by atoms with E-state index < -0.39 is 0 Å². The molecule has 43 heavy (non-hydrogen) atoms. The zero-order valence-corrected chi connectivity index (χ0v) is 27.2. The molecule has 5 heteroatoms. The second-order valence-corrected chi connectivity index (χ2v) is 10.3. The summed E-state index contributed by atoms with van der Waals surface area (Å²) in [4.78, 5) is 9.63. The van der Waals surface area contributed by atoms with Gasteiger partial charge in [0.25, 0.3) is 0 Å². The smallest absolute Gasteiger partial charge is 0.140 e. The third kappa shape index (κ3) is 10.1. The molecule has 0 bridgehead atoms. The molecular formula is C38H53N5. The lowest BCUT2D eigenvalue weighted by Crippen LogP contribution is -2.32. The van der Waals surface area contributed by atoms with Crippen molar-refractivity contribution in [3.8, 4) is 0 Å².